The van der Waals surface area contributed by atoms with E-state index in [-0.39, 0.29) is 6.10 Å². The van der Waals surface area contributed by atoms with Gasteiger partial charge in [0.1, 0.15) is 13.1 Å². The summed E-state index contributed by atoms with van der Waals surface area (Å²) in [6.45, 7) is 3.46. The van der Waals surface area contributed by atoms with Crippen LogP contribution in [0.2, 0.25) is 0 Å². The van der Waals surface area contributed by atoms with Gasteiger partial charge in [-0.1, -0.05) is 0 Å². The maximum atomic E-state index is 8.99. The molecule has 0 saturated heterocycles. The van der Waals surface area contributed by atoms with E-state index in [2.05, 4.69) is 10.3 Å². The van der Waals surface area contributed by atoms with Crippen molar-refractivity contribution >= 4 is 0 Å². The summed E-state index contributed by atoms with van der Waals surface area (Å²) in [4.78, 5) is 3.93. The SMILES string of the molecule is C[C@@H](O)C[NH2+]Cc1ccncc1. The maximum absolute atomic E-state index is 8.99. The summed E-state index contributed by atoms with van der Waals surface area (Å²) in [5, 5.41) is 11.1. The lowest BCUT2D eigenvalue weighted by molar-refractivity contribution is -0.676. The second-order valence-corrected chi connectivity index (χ2v) is 2.93. The van der Waals surface area contributed by atoms with Crippen molar-refractivity contribution in [1.82, 2.24) is 4.98 Å². The molecular formula is C9H15N2O+. The van der Waals surface area contributed by atoms with Crippen LogP contribution >= 0.6 is 0 Å². The zero-order valence-corrected chi connectivity index (χ0v) is 7.27. The summed E-state index contributed by atoms with van der Waals surface area (Å²) in [7, 11) is 0. The van der Waals surface area contributed by atoms with Gasteiger partial charge >= 0.3 is 0 Å². The number of rotatable bonds is 4. The Morgan fingerprint density at radius 1 is 1.50 bits per heavy atom. The number of aliphatic hydroxyl groups excluding tert-OH is 1. The molecule has 0 bridgehead atoms. The average molecular weight is 167 g/mol. The van der Waals surface area contributed by atoms with E-state index in [0.717, 1.165) is 13.1 Å². The largest absolute Gasteiger partial charge is 0.388 e. The first-order valence-corrected chi connectivity index (χ1v) is 4.17. The number of pyridine rings is 1. The van der Waals surface area contributed by atoms with Crippen LogP contribution in [0.3, 0.4) is 0 Å². The molecule has 1 heterocycles. The van der Waals surface area contributed by atoms with Gasteiger partial charge < -0.3 is 10.4 Å². The highest BCUT2D eigenvalue weighted by Gasteiger charge is 1.97. The Kier molecular flexibility index (Phi) is 3.70. The Bertz CT molecular complexity index is 211. The molecule has 3 nitrogen and oxygen atoms in total. The molecule has 0 unspecified atom stereocenters. The molecule has 1 atom stereocenters. The lowest BCUT2D eigenvalue weighted by atomic mass is 10.2. The van der Waals surface area contributed by atoms with Gasteiger partial charge in [-0.25, -0.2) is 0 Å². The van der Waals surface area contributed by atoms with Crippen molar-refractivity contribution in [1.29, 1.82) is 0 Å². The fourth-order valence-corrected chi connectivity index (χ4v) is 1.01. The summed E-state index contributed by atoms with van der Waals surface area (Å²) in [5.41, 5.74) is 1.24. The van der Waals surface area contributed by atoms with Gasteiger partial charge in [0.15, 0.2) is 0 Å². The molecular weight excluding hydrogens is 152 g/mol. The third-order valence-corrected chi connectivity index (χ3v) is 1.64. The number of nitrogens with two attached hydrogens (primary N) is 1. The molecule has 0 amide bonds. The van der Waals surface area contributed by atoms with Gasteiger partial charge in [-0.05, 0) is 19.1 Å². The molecule has 0 radical (unpaired) electrons. The van der Waals surface area contributed by atoms with Gasteiger partial charge in [0.25, 0.3) is 0 Å². The van der Waals surface area contributed by atoms with E-state index in [1.807, 2.05) is 12.1 Å². The molecule has 0 aliphatic rings. The molecule has 0 aliphatic carbocycles. The van der Waals surface area contributed by atoms with Crippen molar-refractivity contribution in [2.45, 2.75) is 19.6 Å². The minimum atomic E-state index is -0.230. The molecule has 12 heavy (non-hydrogen) atoms. The van der Waals surface area contributed by atoms with Crippen LogP contribution in [-0.2, 0) is 6.54 Å². The molecule has 0 aliphatic heterocycles. The van der Waals surface area contributed by atoms with E-state index in [9.17, 15) is 0 Å². The highest BCUT2D eigenvalue weighted by Crippen LogP contribution is 1.91. The number of aliphatic hydroxyl groups is 1. The first-order chi connectivity index (χ1) is 5.79. The molecule has 1 rings (SSSR count). The first-order valence-electron chi connectivity index (χ1n) is 4.17. The third kappa shape index (κ3) is 3.46. The zero-order chi connectivity index (χ0) is 8.81. The van der Waals surface area contributed by atoms with Gasteiger partial charge in [0.2, 0.25) is 0 Å². The van der Waals surface area contributed by atoms with Crippen LogP contribution in [0.25, 0.3) is 0 Å². The van der Waals surface area contributed by atoms with Crippen LogP contribution in [-0.4, -0.2) is 22.7 Å². The average Bonchev–Trinajstić information content (AvgIpc) is 2.05. The van der Waals surface area contributed by atoms with E-state index in [1.54, 1.807) is 19.3 Å². The zero-order valence-electron chi connectivity index (χ0n) is 7.27. The Labute approximate surface area is 72.5 Å². The lowest BCUT2D eigenvalue weighted by Gasteiger charge is -2.02. The Hall–Kier alpha value is -0.930. The Morgan fingerprint density at radius 3 is 2.75 bits per heavy atom. The third-order valence-electron chi connectivity index (χ3n) is 1.64. The molecule has 1 aromatic heterocycles. The van der Waals surface area contributed by atoms with Gasteiger partial charge in [0, 0.05) is 18.0 Å². The molecule has 3 N–H and O–H groups in total. The molecule has 0 fully saturated rings. The quantitative estimate of drug-likeness (QED) is 0.636. The Morgan fingerprint density at radius 2 is 2.17 bits per heavy atom. The summed E-state index contributed by atoms with van der Waals surface area (Å²) < 4.78 is 0. The van der Waals surface area contributed by atoms with Crippen molar-refractivity contribution in [3.8, 4) is 0 Å². The van der Waals surface area contributed by atoms with Crippen LogP contribution in [0.4, 0.5) is 0 Å². The Balaban J connectivity index is 2.25. The fraction of sp³-hybridized carbons (Fsp3) is 0.444. The highest BCUT2D eigenvalue weighted by atomic mass is 16.3. The predicted molar refractivity (Wildman–Crippen MR) is 46.4 cm³/mol. The number of nitrogens with zero attached hydrogens (tertiary/aromatic N) is 1. The summed E-state index contributed by atoms with van der Waals surface area (Å²) in [6, 6.07) is 3.97. The van der Waals surface area contributed by atoms with Gasteiger partial charge in [-0.15, -0.1) is 0 Å². The molecule has 1 aromatic rings. The topological polar surface area (TPSA) is 49.7 Å². The van der Waals surface area contributed by atoms with Crippen molar-refractivity contribution < 1.29 is 10.4 Å². The summed E-state index contributed by atoms with van der Waals surface area (Å²) >= 11 is 0. The number of hydrogen-bond donors (Lipinski definition) is 2. The maximum Gasteiger partial charge on any atom is 0.102 e. The number of hydrogen-bond acceptors (Lipinski definition) is 2. The van der Waals surface area contributed by atoms with Crippen LogP contribution in [0.15, 0.2) is 24.5 Å². The van der Waals surface area contributed by atoms with E-state index in [4.69, 9.17) is 5.11 Å². The number of aromatic nitrogens is 1. The van der Waals surface area contributed by atoms with E-state index < -0.39 is 0 Å². The van der Waals surface area contributed by atoms with Gasteiger partial charge in [0.05, 0.1) is 6.10 Å². The molecule has 66 valence electrons. The highest BCUT2D eigenvalue weighted by molar-refractivity contribution is 5.07. The van der Waals surface area contributed by atoms with Crippen molar-refractivity contribution in [3.63, 3.8) is 0 Å². The van der Waals surface area contributed by atoms with Gasteiger partial charge in [-0.3, -0.25) is 4.98 Å². The predicted octanol–water partition coefficient (Wildman–Crippen LogP) is -0.474. The fourth-order valence-electron chi connectivity index (χ4n) is 1.01. The molecule has 0 spiro atoms. The molecule has 3 heteroatoms. The summed E-state index contributed by atoms with van der Waals surface area (Å²) in [6.07, 6.45) is 3.34. The minimum Gasteiger partial charge on any atom is -0.388 e. The molecule has 0 saturated carbocycles. The second kappa shape index (κ2) is 4.85. The van der Waals surface area contributed by atoms with Gasteiger partial charge in [-0.2, -0.15) is 0 Å². The van der Waals surface area contributed by atoms with Crippen molar-refractivity contribution in [2.75, 3.05) is 6.54 Å². The normalized spacial score (nSPS) is 12.8. The van der Waals surface area contributed by atoms with Crippen LogP contribution < -0.4 is 5.32 Å². The van der Waals surface area contributed by atoms with Crippen LogP contribution in [0, 0.1) is 0 Å². The standard InChI is InChI=1S/C9H14N2O/c1-8(12)6-11-7-9-2-4-10-5-3-9/h2-5,8,11-12H,6-7H2,1H3/p+1/t8-/m1/s1. The van der Waals surface area contributed by atoms with E-state index >= 15 is 0 Å². The van der Waals surface area contributed by atoms with Crippen molar-refractivity contribution in [2.24, 2.45) is 0 Å². The van der Waals surface area contributed by atoms with E-state index in [1.165, 1.54) is 5.56 Å². The van der Waals surface area contributed by atoms with Crippen molar-refractivity contribution in [3.05, 3.63) is 30.1 Å². The van der Waals surface area contributed by atoms with E-state index in [0.29, 0.717) is 0 Å². The first kappa shape index (κ1) is 9.16. The lowest BCUT2D eigenvalue weighted by Crippen LogP contribution is -2.84. The smallest absolute Gasteiger partial charge is 0.102 e. The van der Waals surface area contributed by atoms with Crippen LogP contribution in [0.1, 0.15) is 12.5 Å². The number of quaternary nitrogens is 1. The second-order valence-electron chi connectivity index (χ2n) is 2.93. The summed E-state index contributed by atoms with van der Waals surface area (Å²) in [5.74, 6) is 0. The monoisotopic (exact) mass is 167 g/mol. The minimum absolute atomic E-state index is 0.230. The molecule has 0 aromatic carbocycles. The van der Waals surface area contributed by atoms with Crippen LogP contribution in [0.5, 0.6) is 0 Å².